The Labute approximate surface area is 133 Å². The molecule has 1 aliphatic rings. The number of hydrogen-bond acceptors (Lipinski definition) is 2. The Hall–Kier alpha value is -1.55. The van der Waals surface area contributed by atoms with E-state index < -0.39 is 5.60 Å². The third kappa shape index (κ3) is 4.23. The van der Waals surface area contributed by atoms with Crippen molar-refractivity contribution in [3.05, 3.63) is 29.3 Å². The summed E-state index contributed by atoms with van der Waals surface area (Å²) >= 11 is 0. The van der Waals surface area contributed by atoms with E-state index in [2.05, 4.69) is 24.5 Å². The van der Waals surface area contributed by atoms with Gasteiger partial charge in [-0.25, -0.2) is 4.79 Å². The zero-order valence-corrected chi connectivity index (χ0v) is 13.9. The van der Waals surface area contributed by atoms with E-state index in [1.165, 1.54) is 6.42 Å². The third-order valence-corrected chi connectivity index (χ3v) is 4.53. The van der Waals surface area contributed by atoms with E-state index in [9.17, 15) is 9.90 Å². The number of amides is 2. The maximum atomic E-state index is 12.2. The number of benzene rings is 1. The van der Waals surface area contributed by atoms with E-state index >= 15 is 0 Å². The molecule has 1 fully saturated rings. The van der Waals surface area contributed by atoms with Crippen molar-refractivity contribution in [1.82, 2.24) is 5.32 Å². The van der Waals surface area contributed by atoms with Gasteiger partial charge in [0.05, 0.1) is 5.60 Å². The topological polar surface area (TPSA) is 61.4 Å². The molecule has 0 heterocycles. The van der Waals surface area contributed by atoms with E-state index in [0.29, 0.717) is 12.5 Å². The molecule has 0 aromatic heterocycles. The van der Waals surface area contributed by atoms with Crippen LogP contribution in [0.1, 0.15) is 63.0 Å². The van der Waals surface area contributed by atoms with Crippen LogP contribution in [0, 0.1) is 6.92 Å². The van der Waals surface area contributed by atoms with Gasteiger partial charge in [-0.2, -0.15) is 0 Å². The minimum absolute atomic E-state index is 0.241. The molecule has 4 heteroatoms. The second-order valence-corrected chi connectivity index (χ2v) is 6.79. The van der Waals surface area contributed by atoms with Crippen LogP contribution in [0.5, 0.6) is 0 Å². The van der Waals surface area contributed by atoms with Gasteiger partial charge in [0.2, 0.25) is 0 Å². The van der Waals surface area contributed by atoms with E-state index in [0.717, 1.165) is 42.5 Å². The molecule has 1 saturated carbocycles. The molecule has 3 N–H and O–H groups in total. The number of rotatable bonds is 4. The van der Waals surface area contributed by atoms with E-state index in [4.69, 9.17) is 0 Å². The number of aliphatic hydroxyl groups is 1. The first-order valence-corrected chi connectivity index (χ1v) is 8.28. The van der Waals surface area contributed by atoms with Crippen molar-refractivity contribution in [3.8, 4) is 0 Å². The molecule has 1 aliphatic carbocycles. The average Bonchev–Trinajstić information content (AvgIpc) is 2.48. The van der Waals surface area contributed by atoms with E-state index in [-0.39, 0.29) is 6.03 Å². The Balaban J connectivity index is 1.97. The standard InChI is InChI=1S/C18H28N2O2/c1-13(2)15-9-7-8-14(3)16(15)20-17(21)19-12-18(22)10-5-4-6-11-18/h7-9,13,22H,4-6,10-12H2,1-3H3,(H2,19,20,21). The molecular weight excluding hydrogens is 276 g/mol. The number of carbonyl (C=O) groups is 1. The molecule has 2 amide bonds. The Morgan fingerprint density at radius 1 is 1.27 bits per heavy atom. The quantitative estimate of drug-likeness (QED) is 0.789. The molecule has 2 rings (SSSR count). The van der Waals surface area contributed by atoms with Crippen LogP contribution in [-0.2, 0) is 0 Å². The van der Waals surface area contributed by atoms with Crippen LogP contribution in [0.3, 0.4) is 0 Å². The smallest absolute Gasteiger partial charge is 0.319 e. The highest BCUT2D eigenvalue weighted by atomic mass is 16.3. The van der Waals surface area contributed by atoms with Crippen LogP contribution >= 0.6 is 0 Å². The van der Waals surface area contributed by atoms with Crippen LogP contribution in [0.4, 0.5) is 10.5 Å². The zero-order valence-electron chi connectivity index (χ0n) is 13.9. The average molecular weight is 304 g/mol. The molecule has 0 radical (unpaired) electrons. The molecule has 0 saturated heterocycles. The van der Waals surface area contributed by atoms with Gasteiger partial charge in [-0.15, -0.1) is 0 Å². The summed E-state index contributed by atoms with van der Waals surface area (Å²) < 4.78 is 0. The molecule has 0 bridgehead atoms. The summed E-state index contributed by atoms with van der Waals surface area (Å²) in [4.78, 5) is 12.2. The Morgan fingerprint density at radius 3 is 2.59 bits per heavy atom. The van der Waals surface area contributed by atoms with Crippen LogP contribution in [0.2, 0.25) is 0 Å². The first-order valence-electron chi connectivity index (χ1n) is 8.28. The molecule has 0 unspecified atom stereocenters. The minimum atomic E-state index is -0.734. The Morgan fingerprint density at radius 2 is 1.95 bits per heavy atom. The maximum Gasteiger partial charge on any atom is 0.319 e. The fourth-order valence-corrected chi connectivity index (χ4v) is 3.13. The fraction of sp³-hybridized carbons (Fsp3) is 0.611. The summed E-state index contributed by atoms with van der Waals surface area (Å²) in [5.74, 6) is 0.345. The second-order valence-electron chi connectivity index (χ2n) is 6.79. The number of urea groups is 1. The monoisotopic (exact) mass is 304 g/mol. The van der Waals surface area contributed by atoms with Gasteiger partial charge in [0.1, 0.15) is 0 Å². The molecule has 122 valence electrons. The van der Waals surface area contributed by atoms with Gasteiger partial charge in [-0.1, -0.05) is 51.3 Å². The van der Waals surface area contributed by atoms with Gasteiger partial charge in [-0.3, -0.25) is 0 Å². The van der Waals surface area contributed by atoms with Crippen molar-refractivity contribution in [2.75, 3.05) is 11.9 Å². The predicted molar refractivity (Wildman–Crippen MR) is 90.3 cm³/mol. The van der Waals surface area contributed by atoms with Gasteiger partial charge in [-0.05, 0) is 36.8 Å². The summed E-state index contributed by atoms with van der Waals surface area (Å²) in [5.41, 5.74) is 2.33. The number of aryl methyl sites for hydroxylation is 1. The molecule has 0 atom stereocenters. The molecular formula is C18H28N2O2. The lowest BCUT2D eigenvalue weighted by Gasteiger charge is -2.32. The summed E-state index contributed by atoms with van der Waals surface area (Å²) in [7, 11) is 0. The van der Waals surface area contributed by atoms with Gasteiger partial charge in [0.15, 0.2) is 0 Å². The first kappa shape index (κ1) is 16.8. The molecule has 22 heavy (non-hydrogen) atoms. The molecule has 1 aromatic rings. The van der Waals surface area contributed by atoms with Crippen LogP contribution in [0.25, 0.3) is 0 Å². The Kier molecular flexibility index (Phi) is 5.46. The largest absolute Gasteiger partial charge is 0.388 e. The second kappa shape index (κ2) is 7.14. The highest BCUT2D eigenvalue weighted by molar-refractivity contribution is 5.91. The molecule has 1 aromatic carbocycles. The number of para-hydroxylation sites is 1. The van der Waals surface area contributed by atoms with Crippen molar-refractivity contribution in [2.24, 2.45) is 0 Å². The van der Waals surface area contributed by atoms with Crippen LogP contribution < -0.4 is 10.6 Å². The lowest BCUT2D eigenvalue weighted by Crippen LogP contribution is -2.45. The number of hydrogen-bond donors (Lipinski definition) is 3. The van der Waals surface area contributed by atoms with E-state index in [1.54, 1.807) is 0 Å². The van der Waals surface area contributed by atoms with Crippen molar-refractivity contribution in [3.63, 3.8) is 0 Å². The van der Waals surface area contributed by atoms with E-state index in [1.807, 2.05) is 25.1 Å². The number of nitrogens with one attached hydrogen (secondary N) is 2. The minimum Gasteiger partial charge on any atom is -0.388 e. The van der Waals surface area contributed by atoms with Gasteiger partial charge < -0.3 is 15.7 Å². The summed E-state index contributed by atoms with van der Waals surface area (Å²) in [6.07, 6.45) is 4.80. The highest BCUT2D eigenvalue weighted by Crippen LogP contribution is 2.28. The Bertz CT molecular complexity index is 520. The van der Waals surface area contributed by atoms with Gasteiger partial charge in [0.25, 0.3) is 0 Å². The number of anilines is 1. The lowest BCUT2D eigenvalue weighted by molar-refractivity contribution is 0.00755. The molecule has 0 aliphatic heterocycles. The summed E-state index contributed by atoms with van der Waals surface area (Å²) in [6.45, 7) is 6.54. The maximum absolute atomic E-state index is 12.2. The van der Waals surface area contributed by atoms with Crippen molar-refractivity contribution >= 4 is 11.7 Å². The summed E-state index contributed by atoms with van der Waals surface area (Å²) in [5, 5.41) is 16.2. The first-order chi connectivity index (χ1) is 10.4. The molecule has 0 spiro atoms. The fourth-order valence-electron chi connectivity index (χ4n) is 3.13. The normalized spacial score (nSPS) is 17.3. The predicted octanol–water partition coefficient (Wildman–Crippen LogP) is 3.94. The number of carbonyl (C=O) groups excluding carboxylic acids is 1. The van der Waals surface area contributed by atoms with Crippen molar-refractivity contribution in [2.45, 2.75) is 64.4 Å². The van der Waals surface area contributed by atoms with Crippen molar-refractivity contribution in [1.29, 1.82) is 0 Å². The molecule has 4 nitrogen and oxygen atoms in total. The van der Waals surface area contributed by atoms with Crippen LogP contribution in [0.15, 0.2) is 18.2 Å². The third-order valence-electron chi connectivity index (χ3n) is 4.53. The summed E-state index contributed by atoms with van der Waals surface area (Å²) in [6, 6.07) is 5.81. The highest BCUT2D eigenvalue weighted by Gasteiger charge is 2.29. The SMILES string of the molecule is Cc1cccc(C(C)C)c1NC(=O)NCC1(O)CCCCC1. The van der Waals surface area contributed by atoms with Crippen molar-refractivity contribution < 1.29 is 9.90 Å². The van der Waals surface area contributed by atoms with Crippen LogP contribution in [-0.4, -0.2) is 23.3 Å². The zero-order chi connectivity index (χ0) is 16.2. The lowest BCUT2D eigenvalue weighted by atomic mass is 9.85. The van der Waals surface area contributed by atoms with Gasteiger partial charge in [0, 0.05) is 12.2 Å². The van der Waals surface area contributed by atoms with Gasteiger partial charge >= 0.3 is 6.03 Å².